The highest BCUT2D eigenvalue weighted by molar-refractivity contribution is 5.66. The summed E-state index contributed by atoms with van der Waals surface area (Å²) in [6.07, 6.45) is 0.0359. The minimum Gasteiger partial charge on any atom is -0.481 e. The number of hydrogen-bond donors (Lipinski definition) is 1. The van der Waals surface area contributed by atoms with Crippen molar-refractivity contribution in [1.82, 2.24) is 0 Å². The fourth-order valence-corrected chi connectivity index (χ4v) is 0.611. The molecule has 76 valence electrons. The molecule has 0 aromatic rings. The van der Waals surface area contributed by atoms with Gasteiger partial charge >= 0.3 is 5.97 Å². The van der Waals surface area contributed by atoms with Crippen LogP contribution in [-0.4, -0.2) is 50.8 Å². The van der Waals surface area contributed by atoms with E-state index in [9.17, 15) is 4.79 Å². The summed E-state index contributed by atoms with van der Waals surface area (Å²) >= 11 is 0. The van der Waals surface area contributed by atoms with Gasteiger partial charge < -0.3 is 14.6 Å². The van der Waals surface area contributed by atoms with E-state index in [0.29, 0.717) is 26.4 Å². The number of hydrogen-bond acceptors (Lipinski definition) is 4. The van der Waals surface area contributed by atoms with E-state index in [0.717, 1.165) is 0 Å². The summed E-state index contributed by atoms with van der Waals surface area (Å²) in [4.78, 5) is 13.6. The van der Waals surface area contributed by atoms with Crippen LogP contribution in [0.15, 0.2) is 4.99 Å². The molecule has 0 aliphatic rings. The number of carbonyl (C=O) groups is 1. The molecule has 1 N–H and O–H groups in total. The van der Waals surface area contributed by atoms with Gasteiger partial charge in [0.1, 0.15) is 0 Å². The van der Waals surface area contributed by atoms with E-state index in [1.165, 1.54) is 0 Å². The molecule has 0 amide bonds. The zero-order valence-corrected chi connectivity index (χ0v) is 7.57. The first-order valence-electron chi connectivity index (χ1n) is 4.07. The highest BCUT2D eigenvalue weighted by Crippen LogP contribution is 1.83. The zero-order valence-electron chi connectivity index (χ0n) is 7.57. The number of carboxylic acid groups (broad SMARTS) is 1. The number of ether oxygens (including phenoxy) is 2. The third-order valence-electron chi connectivity index (χ3n) is 1.23. The van der Waals surface area contributed by atoms with Crippen LogP contribution < -0.4 is 0 Å². The third kappa shape index (κ3) is 11.1. The second kappa shape index (κ2) is 9.15. The minimum atomic E-state index is -0.850. The lowest BCUT2D eigenvalue weighted by atomic mass is 10.5. The van der Waals surface area contributed by atoms with Crippen LogP contribution in [-0.2, 0) is 14.3 Å². The summed E-state index contributed by atoms with van der Waals surface area (Å²) < 4.78 is 10.0. The fraction of sp³-hybridized carbons (Fsp3) is 0.750. The van der Waals surface area contributed by atoms with Crippen molar-refractivity contribution in [2.75, 3.05) is 33.0 Å². The predicted octanol–water partition coefficient (Wildman–Crippen LogP) is 0.195. The maximum atomic E-state index is 10.0. The number of carboxylic acids is 1. The predicted molar refractivity (Wildman–Crippen MR) is 48.3 cm³/mol. The molecular formula is C8H15NO4. The summed E-state index contributed by atoms with van der Waals surface area (Å²) in [7, 11) is 0. The Bertz CT molecular complexity index is 149. The molecule has 0 aliphatic heterocycles. The van der Waals surface area contributed by atoms with E-state index in [1.807, 2.05) is 0 Å². The highest BCUT2D eigenvalue weighted by atomic mass is 16.5. The largest absolute Gasteiger partial charge is 0.481 e. The lowest BCUT2D eigenvalue weighted by Crippen LogP contribution is -2.09. The van der Waals surface area contributed by atoms with Gasteiger partial charge in [-0.1, -0.05) is 0 Å². The van der Waals surface area contributed by atoms with Crippen LogP contribution in [0.1, 0.15) is 6.42 Å². The van der Waals surface area contributed by atoms with Gasteiger partial charge in [-0.05, 0) is 6.72 Å². The molecule has 0 rings (SSSR count). The van der Waals surface area contributed by atoms with Crippen molar-refractivity contribution in [2.24, 2.45) is 4.99 Å². The Labute approximate surface area is 77.4 Å². The van der Waals surface area contributed by atoms with Crippen LogP contribution in [0.2, 0.25) is 0 Å². The van der Waals surface area contributed by atoms with Gasteiger partial charge in [-0.25, -0.2) is 0 Å². The number of nitrogens with zero attached hydrogens (tertiary/aromatic N) is 1. The smallest absolute Gasteiger partial charge is 0.305 e. The quantitative estimate of drug-likeness (QED) is 0.415. The molecule has 0 heterocycles. The van der Waals surface area contributed by atoms with Crippen LogP contribution in [0.25, 0.3) is 0 Å². The van der Waals surface area contributed by atoms with Crippen molar-refractivity contribution in [3.05, 3.63) is 0 Å². The molecule has 0 atom stereocenters. The van der Waals surface area contributed by atoms with Gasteiger partial charge in [0.05, 0.1) is 39.4 Å². The van der Waals surface area contributed by atoms with Crippen LogP contribution in [0.3, 0.4) is 0 Å². The van der Waals surface area contributed by atoms with E-state index >= 15 is 0 Å². The second-order valence-electron chi connectivity index (χ2n) is 2.32. The van der Waals surface area contributed by atoms with Gasteiger partial charge in [0.2, 0.25) is 0 Å². The second-order valence-corrected chi connectivity index (χ2v) is 2.32. The van der Waals surface area contributed by atoms with Gasteiger partial charge in [0.25, 0.3) is 0 Å². The van der Waals surface area contributed by atoms with E-state index in [1.54, 1.807) is 0 Å². The van der Waals surface area contributed by atoms with E-state index in [-0.39, 0.29) is 13.0 Å². The SMILES string of the molecule is C=NCCOCCOCCC(=O)O. The van der Waals surface area contributed by atoms with Gasteiger partial charge in [0, 0.05) is 0 Å². The molecule has 0 bridgehead atoms. The average molecular weight is 189 g/mol. The molecule has 0 aromatic carbocycles. The van der Waals surface area contributed by atoms with E-state index < -0.39 is 5.97 Å². The molecule has 0 radical (unpaired) electrons. The Morgan fingerprint density at radius 2 is 1.85 bits per heavy atom. The van der Waals surface area contributed by atoms with E-state index in [2.05, 4.69) is 11.7 Å². The summed E-state index contributed by atoms with van der Waals surface area (Å²) in [5.74, 6) is -0.850. The van der Waals surface area contributed by atoms with Crippen molar-refractivity contribution in [3.63, 3.8) is 0 Å². The average Bonchev–Trinajstić information content (AvgIpc) is 2.09. The lowest BCUT2D eigenvalue weighted by Gasteiger charge is -2.02. The Kier molecular flexibility index (Phi) is 8.49. The summed E-state index contributed by atoms with van der Waals surface area (Å²) in [6.45, 7) is 5.54. The fourth-order valence-electron chi connectivity index (χ4n) is 0.611. The molecule has 0 aliphatic carbocycles. The van der Waals surface area contributed by atoms with Crippen LogP contribution in [0.4, 0.5) is 0 Å². The summed E-state index contributed by atoms with van der Waals surface area (Å²) in [6, 6.07) is 0. The molecule has 0 fully saturated rings. The van der Waals surface area contributed by atoms with Gasteiger partial charge in [0.15, 0.2) is 0 Å². The Balaban J connectivity index is 2.91. The normalized spacial score (nSPS) is 9.85. The van der Waals surface area contributed by atoms with Gasteiger partial charge in [-0.15, -0.1) is 0 Å². The number of aliphatic carboxylic acids is 1. The highest BCUT2D eigenvalue weighted by Gasteiger charge is 1.95. The molecule has 5 nitrogen and oxygen atoms in total. The number of aliphatic imine (C=N–C) groups is 1. The van der Waals surface area contributed by atoms with E-state index in [4.69, 9.17) is 14.6 Å². The maximum absolute atomic E-state index is 10.0. The Morgan fingerprint density at radius 3 is 2.38 bits per heavy atom. The monoisotopic (exact) mass is 189 g/mol. The lowest BCUT2D eigenvalue weighted by molar-refractivity contribution is -0.138. The molecule has 0 spiro atoms. The molecule has 13 heavy (non-hydrogen) atoms. The Hall–Kier alpha value is -0.940. The van der Waals surface area contributed by atoms with Crippen LogP contribution in [0.5, 0.6) is 0 Å². The molecule has 5 heteroatoms. The van der Waals surface area contributed by atoms with Gasteiger partial charge in [-0.3, -0.25) is 9.79 Å². The van der Waals surface area contributed by atoms with Crippen LogP contribution >= 0.6 is 0 Å². The molecule has 0 saturated carbocycles. The van der Waals surface area contributed by atoms with Crippen molar-refractivity contribution in [1.29, 1.82) is 0 Å². The zero-order chi connectivity index (χ0) is 9.94. The molecular weight excluding hydrogens is 174 g/mol. The van der Waals surface area contributed by atoms with Crippen molar-refractivity contribution in [2.45, 2.75) is 6.42 Å². The van der Waals surface area contributed by atoms with Crippen molar-refractivity contribution in [3.8, 4) is 0 Å². The topological polar surface area (TPSA) is 68.1 Å². The first-order valence-corrected chi connectivity index (χ1v) is 4.07. The van der Waals surface area contributed by atoms with Gasteiger partial charge in [-0.2, -0.15) is 0 Å². The first kappa shape index (κ1) is 12.1. The van der Waals surface area contributed by atoms with Crippen molar-refractivity contribution < 1.29 is 19.4 Å². The number of rotatable bonds is 9. The first-order chi connectivity index (χ1) is 6.27. The standard InChI is InChI=1S/C8H15NO4/c1-9-3-5-13-7-6-12-4-2-8(10)11/h1-7H2,(H,10,11). The van der Waals surface area contributed by atoms with Crippen LogP contribution in [0, 0.1) is 0 Å². The summed E-state index contributed by atoms with van der Waals surface area (Å²) in [5.41, 5.74) is 0. The molecule has 0 unspecified atom stereocenters. The van der Waals surface area contributed by atoms with Crippen molar-refractivity contribution >= 4 is 12.7 Å². The third-order valence-corrected chi connectivity index (χ3v) is 1.23. The molecule has 0 aromatic heterocycles. The Morgan fingerprint density at radius 1 is 1.23 bits per heavy atom. The molecule has 0 saturated heterocycles. The summed E-state index contributed by atoms with van der Waals surface area (Å²) in [5, 5.41) is 8.26. The maximum Gasteiger partial charge on any atom is 0.305 e. The minimum absolute atomic E-state index is 0.0359.